The molecule has 5 aromatic carbocycles. The van der Waals surface area contributed by atoms with Gasteiger partial charge in [0.05, 0.1) is 27.8 Å². The molecule has 72 heavy (non-hydrogen) atoms. The maximum Gasteiger partial charge on any atom is 1.00 e. The molecule has 371 valence electrons. The van der Waals surface area contributed by atoms with E-state index < -0.39 is 122 Å². The molecular formula is C31H25CuN5Na5O23S7-. The van der Waals surface area contributed by atoms with Crippen molar-refractivity contribution in [3.8, 4) is 11.5 Å². The number of fused-ring (bicyclic) bond motifs is 2. The van der Waals surface area contributed by atoms with E-state index in [2.05, 4.69) is 49.0 Å². The molecule has 28 nitrogen and oxygen atoms in total. The molecule has 5 aromatic rings. The SMILES string of the molecule is O=S(=O)([O-])O.O=S(=O)=O.O=S(=O)=O.[CH2-]CS(=O)(=O)c1ccc(N=Nc2c(NC)ccc3c(O)c(N=Nc4ccc5c[c-]cc(S(=O)(=O)CCOS(=O)(=O)[O-])c5c4O)[c-]cc23)c(S(=O)(=O)[O-])c1.[Cu].[Na+].[Na+].[Na+].[Na+].[Na+]. The van der Waals surface area contributed by atoms with E-state index in [9.17, 15) is 53.0 Å². The average molecular weight is 1240 g/mol. The first-order chi connectivity index (χ1) is 30.2. The molecule has 0 unspecified atom stereocenters. The van der Waals surface area contributed by atoms with E-state index in [1.807, 2.05) is 0 Å². The van der Waals surface area contributed by atoms with Gasteiger partial charge in [0.2, 0.25) is 20.8 Å². The fraction of sp³-hybridized carbons (Fsp3) is 0.129. The Hall–Kier alpha value is -0.471. The first kappa shape index (κ1) is 80.4. The van der Waals surface area contributed by atoms with Crippen LogP contribution in [0.3, 0.4) is 0 Å². The Morgan fingerprint density at radius 1 is 0.681 bits per heavy atom. The summed E-state index contributed by atoms with van der Waals surface area (Å²) in [6.45, 7) is 2.32. The smallest absolute Gasteiger partial charge is 0.744 e. The molecule has 0 heterocycles. The zero-order chi connectivity index (χ0) is 50.6. The zero-order valence-corrected chi connectivity index (χ0v) is 54.2. The molecule has 0 atom stereocenters. The number of phenols is 2. The average Bonchev–Trinajstić information content (AvgIpc) is 3.18. The van der Waals surface area contributed by atoms with E-state index in [4.69, 9.17) is 42.8 Å². The number of rotatable bonds is 13. The van der Waals surface area contributed by atoms with Crippen LogP contribution >= 0.6 is 0 Å². The third-order valence-electron chi connectivity index (χ3n) is 7.47. The Morgan fingerprint density at radius 2 is 1.19 bits per heavy atom. The Balaban J connectivity index is -0.000000703. The number of hydrogen-bond donors (Lipinski definition) is 4. The molecule has 5 rings (SSSR count). The normalized spacial score (nSPS) is 11.1. The van der Waals surface area contributed by atoms with E-state index >= 15 is 0 Å². The van der Waals surface area contributed by atoms with Crippen LogP contribution in [0.2, 0.25) is 0 Å². The number of azo groups is 2. The van der Waals surface area contributed by atoms with Crippen LogP contribution < -0.4 is 153 Å². The van der Waals surface area contributed by atoms with Crippen LogP contribution in [-0.4, -0.2) is 121 Å². The minimum atomic E-state index is -5.22. The van der Waals surface area contributed by atoms with Crippen LogP contribution in [0.5, 0.6) is 11.5 Å². The van der Waals surface area contributed by atoms with E-state index in [1.165, 1.54) is 43.4 Å². The van der Waals surface area contributed by atoms with Crippen molar-refractivity contribution in [3.63, 3.8) is 0 Å². The molecule has 0 aliphatic rings. The van der Waals surface area contributed by atoms with Gasteiger partial charge in [-0.15, -0.1) is 41.8 Å². The number of anilines is 1. The van der Waals surface area contributed by atoms with Gasteiger partial charge >= 0.3 is 169 Å². The first-order valence-electron chi connectivity index (χ1n) is 16.3. The summed E-state index contributed by atoms with van der Waals surface area (Å²) in [4.78, 5) is -1.86. The number of phenolic OH excluding ortho intramolecular Hbond substituents is 2. The quantitative estimate of drug-likeness (QED) is 0.0280. The summed E-state index contributed by atoms with van der Waals surface area (Å²) in [5.41, 5.74) is -0.585. The topological polar surface area (TPSA) is 474 Å². The second-order valence-electron chi connectivity index (χ2n) is 11.6. The summed E-state index contributed by atoms with van der Waals surface area (Å²) in [5, 5.41) is 41.3. The van der Waals surface area contributed by atoms with Crippen molar-refractivity contribution in [3.05, 3.63) is 79.7 Å². The van der Waals surface area contributed by atoms with Crippen LogP contribution in [0, 0.1) is 19.1 Å². The van der Waals surface area contributed by atoms with E-state index in [-0.39, 0.29) is 203 Å². The molecule has 0 amide bonds. The Morgan fingerprint density at radius 3 is 1.68 bits per heavy atom. The third kappa shape index (κ3) is 26.7. The zero-order valence-electron chi connectivity index (χ0n) is 37.6. The molecule has 4 N–H and O–H groups in total. The standard InChI is InChI=1S/C31H26N5O13S4.Cu.5Na.H2O4S.2O3S/c1-3-50(39,40)19-8-12-22(27(17-19)52(43,44)45)33-36-29-20-9-14-24(30(37)21(20)10-13-23(29)32-2)34-35-25-11-7-18-5-4-6-26(28(18)31(25)38)51(41,42)16-15-49-53(46,47)48;;;;;;;1-5(2,3)4;2*1-4(2)3/h5-13,17,32,37-38H,1,3,15-16H2,2H3,(H,43,44,45)(H,46,47,48);;;;;;;(H2,1,2,3,4);;/q-3;;5*+1;;;/p-3. The predicted molar refractivity (Wildman–Crippen MR) is 218 cm³/mol. The summed E-state index contributed by atoms with van der Waals surface area (Å²) in [5.74, 6) is -2.64. The molecule has 41 heteroatoms. The van der Waals surface area contributed by atoms with Crippen molar-refractivity contribution in [2.75, 3.05) is 30.5 Å². The summed E-state index contributed by atoms with van der Waals surface area (Å²) in [6, 6.07) is 17.4. The van der Waals surface area contributed by atoms with E-state index in [0.717, 1.165) is 18.2 Å². The Kier molecular flexibility index (Phi) is 39.2. The van der Waals surface area contributed by atoms with Gasteiger partial charge in [0.25, 0.3) is 0 Å². The maximum absolute atomic E-state index is 13.0. The Labute approximate surface area is 535 Å². The molecular weight excluding hydrogens is 1210 g/mol. The molecule has 0 saturated heterocycles. The van der Waals surface area contributed by atoms with Gasteiger partial charge in [-0.05, 0) is 35.2 Å². The fourth-order valence-corrected chi connectivity index (χ4v) is 8.12. The van der Waals surface area contributed by atoms with E-state index in [1.54, 1.807) is 0 Å². The van der Waals surface area contributed by atoms with Gasteiger partial charge in [-0.25, -0.2) is 42.1 Å². The minimum absolute atomic E-state index is 0. The second kappa shape index (κ2) is 35.1. The number of nitrogens with zero attached hydrogens (tertiary/aromatic N) is 4. The molecule has 0 fully saturated rings. The third-order valence-corrected chi connectivity index (χ3v) is 12.0. The van der Waals surface area contributed by atoms with Crippen molar-refractivity contribution in [1.82, 2.24) is 0 Å². The summed E-state index contributed by atoms with van der Waals surface area (Å²) >= 11 is 0. The summed E-state index contributed by atoms with van der Waals surface area (Å²) < 4.78 is 206. The minimum Gasteiger partial charge on any atom is -0.744 e. The molecule has 0 bridgehead atoms. The van der Waals surface area contributed by atoms with Gasteiger partial charge in [-0.1, -0.05) is 28.0 Å². The number of nitrogens with one attached hydrogen (secondary N) is 1. The maximum atomic E-state index is 13.0. The molecule has 0 aliphatic heterocycles. The van der Waals surface area contributed by atoms with E-state index in [0.29, 0.717) is 11.8 Å². The molecule has 0 saturated carbocycles. The van der Waals surface area contributed by atoms with Crippen molar-refractivity contribution >= 4 is 122 Å². The molecule has 0 aliphatic carbocycles. The molecule has 1 radical (unpaired) electrons. The van der Waals surface area contributed by atoms with Gasteiger partial charge in [0.15, 0.2) is 9.84 Å². The van der Waals surface area contributed by atoms with Crippen molar-refractivity contribution in [2.24, 2.45) is 20.5 Å². The largest absolute Gasteiger partial charge is 1.00 e. The monoisotopic (exact) mass is 1240 g/mol. The number of aromatic hydroxyl groups is 2. The van der Waals surface area contributed by atoms with Gasteiger partial charge in [0.1, 0.15) is 37.1 Å². The summed E-state index contributed by atoms with van der Waals surface area (Å²) in [6.07, 6.45) is 0. The van der Waals surface area contributed by atoms with Gasteiger partial charge in [-0.3, -0.25) is 8.74 Å². The van der Waals surface area contributed by atoms with Crippen molar-refractivity contribution in [2.45, 2.75) is 14.7 Å². The number of hydrogen-bond acceptors (Lipinski definition) is 27. The number of sulfone groups is 2. The Bertz CT molecular complexity index is 3520. The number of benzene rings is 5. The predicted octanol–water partition coefficient (Wildman–Crippen LogP) is -13.3. The van der Waals surface area contributed by atoms with Crippen molar-refractivity contribution < 1.29 is 265 Å². The van der Waals surface area contributed by atoms with Gasteiger partial charge < -0.3 is 36.1 Å². The van der Waals surface area contributed by atoms with Crippen LogP contribution in [0.25, 0.3) is 21.5 Å². The van der Waals surface area contributed by atoms with Crippen LogP contribution in [0.15, 0.2) is 95.8 Å². The van der Waals surface area contributed by atoms with Gasteiger partial charge in [0, 0.05) is 41.2 Å². The summed E-state index contributed by atoms with van der Waals surface area (Å²) in [7, 11) is -28.3. The van der Waals surface area contributed by atoms with Crippen LogP contribution in [-0.2, 0) is 93.1 Å². The van der Waals surface area contributed by atoms with Crippen molar-refractivity contribution in [1.29, 1.82) is 0 Å². The first-order valence-corrected chi connectivity index (χ1v) is 25.7. The van der Waals surface area contributed by atoms with Gasteiger partial charge in [-0.2, -0.15) is 45.7 Å². The molecule has 0 spiro atoms. The van der Waals surface area contributed by atoms with Crippen LogP contribution in [0.1, 0.15) is 0 Å². The second-order valence-corrected chi connectivity index (χ2v) is 19.8. The van der Waals surface area contributed by atoms with Crippen LogP contribution in [0.4, 0.5) is 28.4 Å². The molecule has 0 aromatic heterocycles. The fourth-order valence-electron chi connectivity index (χ4n) is 4.92.